The van der Waals surface area contributed by atoms with Crippen LogP contribution in [0.1, 0.15) is 33.6 Å². The highest BCUT2D eigenvalue weighted by Crippen LogP contribution is 2.33. The molecule has 188 valence electrons. The Labute approximate surface area is 200 Å². The zero-order valence-corrected chi connectivity index (χ0v) is 20.3. The number of β-amino-alcohol motifs (C(OH)–C–C–N with tert-alkyl or cyclic N) is 1. The lowest BCUT2D eigenvalue weighted by molar-refractivity contribution is -0.119. The van der Waals surface area contributed by atoms with Crippen molar-refractivity contribution in [1.82, 2.24) is 15.5 Å². The summed E-state index contributed by atoms with van der Waals surface area (Å²) in [5.74, 6) is -0.612. The average molecular weight is 478 g/mol. The van der Waals surface area contributed by atoms with E-state index in [0.29, 0.717) is 43.9 Å². The van der Waals surface area contributed by atoms with E-state index in [1.54, 1.807) is 12.1 Å². The summed E-state index contributed by atoms with van der Waals surface area (Å²) >= 11 is 0. The normalized spacial score (nSPS) is 24.7. The van der Waals surface area contributed by atoms with Crippen LogP contribution in [-0.4, -0.2) is 91.6 Å². The van der Waals surface area contributed by atoms with E-state index >= 15 is 4.39 Å². The molecule has 1 aromatic rings. The van der Waals surface area contributed by atoms with Crippen LogP contribution in [0, 0.1) is 5.82 Å². The number of halogens is 1. The molecule has 3 fully saturated rings. The number of piperidine rings is 1. The lowest BCUT2D eigenvalue weighted by Crippen LogP contribution is -2.62. The predicted octanol–water partition coefficient (Wildman–Crippen LogP) is 1.30. The van der Waals surface area contributed by atoms with Crippen LogP contribution < -0.4 is 20.4 Å². The zero-order chi connectivity index (χ0) is 24.5. The minimum atomic E-state index is -0.788. The Hall–Kier alpha value is -2.43. The fraction of sp³-hybridized carbons (Fsp3) is 0.667. The Morgan fingerprint density at radius 3 is 2.68 bits per heavy atom. The lowest BCUT2D eigenvalue weighted by atomic mass is 9.88. The van der Waals surface area contributed by atoms with Gasteiger partial charge in [-0.05, 0) is 44.9 Å². The molecule has 3 N–H and O–H groups in total. The van der Waals surface area contributed by atoms with Gasteiger partial charge in [0.05, 0.1) is 30.1 Å². The molecule has 3 heterocycles. The topological polar surface area (TPSA) is 97.4 Å². The minimum absolute atomic E-state index is 0.00901. The second-order valence-corrected chi connectivity index (χ2v) is 10.3. The molecule has 3 aliphatic rings. The third kappa shape index (κ3) is 5.45. The minimum Gasteiger partial charge on any atom is -0.442 e. The number of nitrogens with zero attached hydrogens (tertiary/aromatic N) is 3. The summed E-state index contributed by atoms with van der Waals surface area (Å²) in [4.78, 5) is 29.0. The van der Waals surface area contributed by atoms with Crippen molar-refractivity contribution in [3.63, 3.8) is 0 Å². The molecule has 0 unspecified atom stereocenters. The van der Waals surface area contributed by atoms with Gasteiger partial charge >= 0.3 is 6.09 Å². The van der Waals surface area contributed by atoms with E-state index < -0.39 is 23.6 Å². The van der Waals surface area contributed by atoms with Gasteiger partial charge in [0.25, 0.3) is 0 Å². The lowest BCUT2D eigenvalue weighted by Gasteiger charge is -2.48. The first-order valence-corrected chi connectivity index (χ1v) is 12.0. The van der Waals surface area contributed by atoms with Crippen LogP contribution in [0.5, 0.6) is 0 Å². The highest BCUT2D eigenvalue weighted by atomic mass is 19.1. The monoisotopic (exact) mass is 477 g/mol. The number of rotatable bonds is 6. The Morgan fingerprint density at radius 2 is 2.03 bits per heavy atom. The molecule has 1 atom stereocenters. The van der Waals surface area contributed by atoms with E-state index in [1.165, 1.54) is 17.9 Å². The number of nitrogens with one attached hydrogen (secondary N) is 2. The maximum atomic E-state index is 15.1. The van der Waals surface area contributed by atoms with E-state index in [-0.39, 0.29) is 24.5 Å². The van der Waals surface area contributed by atoms with Gasteiger partial charge in [-0.3, -0.25) is 14.6 Å². The van der Waals surface area contributed by atoms with Crippen molar-refractivity contribution >= 4 is 23.4 Å². The van der Waals surface area contributed by atoms with Crippen molar-refractivity contribution < 1.29 is 23.8 Å². The molecule has 0 radical (unpaired) electrons. The molecule has 0 spiro atoms. The zero-order valence-electron chi connectivity index (χ0n) is 20.3. The first-order valence-electron chi connectivity index (χ1n) is 12.0. The SMILES string of the molecule is CC(=O)NC[C@H]1CN(c2ccc(N3CCC(O)(CN4CCNCC4(C)C)CC3)c(F)c2)C(=O)O1. The number of piperazine rings is 1. The molecule has 2 amide bonds. The van der Waals surface area contributed by atoms with Gasteiger partial charge in [0.2, 0.25) is 5.91 Å². The standard InChI is InChI=1S/C24H36FN5O4/c1-17(31)27-13-19-14-30(22(32)34-19)18-4-5-21(20(25)12-18)28-9-6-24(33,7-10-28)16-29-11-8-26-15-23(29,2)3/h4-5,12,19,26,33H,6-11,13-16H2,1-3H3,(H,27,31)/t19-/m0/s1. The number of hydrogen-bond donors (Lipinski definition) is 3. The largest absolute Gasteiger partial charge is 0.442 e. The van der Waals surface area contributed by atoms with Gasteiger partial charge in [-0.25, -0.2) is 9.18 Å². The molecule has 0 aliphatic carbocycles. The number of benzene rings is 1. The molecular weight excluding hydrogens is 441 g/mol. The molecular formula is C24H36FN5O4. The summed E-state index contributed by atoms with van der Waals surface area (Å²) in [7, 11) is 0. The van der Waals surface area contributed by atoms with Crippen LogP contribution >= 0.6 is 0 Å². The molecule has 0 aromatic heterocycles. The molecule has 1 aromatic carbocycles. The molecule has 3 saturated heterocycles. The van der Waals surface area contributed by atoms with Gasteiger partial charge in [0.15, 0.2) is 0 Å². The third-order valence-corrected chi connectivity index (χ3v) is 7.19. The number of ether oxygens (including phenoxy) is 1. The van der Waals surface area contributed by atoms with E-state index in [1.807, 2.05) is 4.90 Å². The first-order chi connectivity index (χ1) is 16.1. The predicted molar refractivity (Wildman–Crippen MR) is 128 cm³/mol. The summed E-state index contributed by atoms with van der Waals surface area (Å²) in [6, 6.07) is 4.74. The van der Waals surface area contributed by atoms with Crippen LogP contribution in [0.4, 0.5) is 20.6 Å². The van der Waals surface area contributed by atoms with Crippen LogP contribution in [0.25, 0.3) is 0 Å². The highest BCUT2D eigenvalue weighted by molar-refractivity contribution is 5.90. The van der Waals surface area contributed by atoms with Gasteiger partial charge in [0, 0.05) is 51.7 Å². The summed E-state index contributed by atoms with van der Waals surface area (Å²) in [5, 5.41) is 17.3. The van der Waals surface area contributed by atoms with Crippen molar-refractivity contribution in [3.8, 4) is 0 Å². The maximum absolute atomic E-state index is 15.1. The molecule has 34 heavy (non-hydrogen) atoms. The van der Waals surface area contributed by atoms with Crippen LogP contribution in [-0.2, 0) is 9.53 Å². The quantitative estimate of drug-likeness (QED) is 0.568. The second-order valence-electron chi connectivity index (χ2n) is 10.3. The fourth-order valence-corrected chi connectivity index (χ4v) is 5.01. The Bertz CT molecular complexity index is 919. The van der Waals surface area contributed by atoms with Crippen LogP contribution in [0.15, 0.2) is 18.2 Å². The molecule has 10 heteroatoms. The van der Waals surface area contributed by atoms with Crippen molar-refractivity contribution in [2.45, 2.75) is 50.9 Å². The van der Waals surface area contributed by atoms with Crippen LogP contribution in [0.3, 0.4) is 0 Å². The van der Waals surface area contributed by atoms with E-state index in [9.17, 15) is 14.7 Å². The third-order valence-electron chi connectivity index (χ3n) is 7.19. The smallest absolute Gasteiger partial charge is 0.414 e. The van der Waals surface area contributed by atoms with Crippen molar-refractivity contribution in [3.05, 3.63) is 24.0 Å². The molecule has 9 nitrogen and oxygen atoms in total. The van der Waals surface area contributed by atoms with E-state index in [4.69, 9.17) is 4.74 Å². The van der Waals surface area contributed by atoms with Gasteiger partial charge in [-0.2, -0.15) is 0 Å². The van der Waals surface area contributed by atoms with Gasteiger partial charge in [0.1, 0.15) is 11.9 Å². The highest BCUT2D eigenvalue weighted by Gasteiger charge is 2.39. The number of hydrogen-bond acceptors (Lipinski definition) is 7. The summed E-state index contributed by atoms with van der Waals surface area (Å²) in [6.45, 7) is 10.7. The molecule has 3 aliphatic heterocycles. The summed E-state index contributed by atoms with van der Waals surface area (Å²) < 4.78 is 20.3. The molecule has 0 saturated carbocycles. The number of carbonyl (C=O) groups is 2. The van der Waals surface area contributed by atoms with Crippen molar-refractivity contribution in [1.29, 1.82) is 0 Å². The van der Waals surface area contributed by atoms with Crippen LogP contribution in [0.2, 0.25) is 0 Å². The van der Waals surface area contributed by atoms with Crippen molar-refractivity contribution in [2.24, 2.45) is 0 Å². The average Bonchev–Trinajstić information content (AvgIpc) is 3.15. The van der Waals surface area contributed by atoms with Gasteiger partial charge in [-0.1, -0.05) is 0 Å². The van der Waals surface area contributed by atoms with Crippen molar-refractivity contribution in [2.75, 3.05) is 62.2 Å². The molecule has 0 bridgehead atoms. The van der Waals surface area contributed by atoms with E-state index in [0.717, 1.165) is 19.6 Å². The number of amides is 2. The fourth-order valence-electron chi connectivity index (χ4n) is 5.01. The maximum Gasteiger partial charge on any atom is 0.414 e. The number of anilines is 2. The summed E-state index contributed by atoms with van der Waals surface area (Å²) in [6.07, 6.45) is 0.107. The molecule has 4 rings (SSSR count). The van der Waals surface area contributed by atoms with Gasteiger partial charge < -0.3 is 25.4 Å². The number of aliphatic hydroxyl groups is 1. The Kier molecular flexibility index (Phi) is 7.02. The first kappa shape index (κ1) is 24.7. The van der Waals surface area contributed by atoms with Gasteiger partial charge in [-0.15, -0.1) is 0 Å². The Morgan fingerprint density at radius 1 is 1.29 bits per heavy atom. The van der Waals surface area contributed by atoms with E-state index in [2.05, 4.69) is 29.4 Å². The number of carbonyl (C=O) groups excluding carboxylic acids is 2. The number of cyclic esters (lactones) is 1. The second kappa shape index (κ2) is 9.67. The summed E-state index contributed by atoms with van der Waals surface area (Å²) in [5.41, 5.74) is 0.0935. The Balaban J connectivity index is 1.36.